The standard InChI is InChI=1S/C29H28F3N3O3/c1-37-25-13-14-26(27(17-25)38-2)33-28(36)35(18-21-8-4-3-5-9-21)20-24-12-7-15-34(24)19-22-10-6-11-23(16-22)29(30,31)32/h3-17H,18-20H2,1-2H3,(H,33,36). The predicted octanol–water partition coefficient (Wildman–Crippen LogP) is 6.81. The lowest BCUT2D eigenvalue weighted by Crippen LogP contribution is -2.34. The van der Waals surface area contributed by atoms with Gasteiger partial charge in [0.25, 0.3) is 0 Å². The lowest BCUT2D eigenvalue weighted by molar-refractivity contribution is -0.137. The molecule has 3 aromatic carbocycles. The van der Waals surface area contributed by atoms with Gasteiger partial charge in [0.15, 0.2) is 0 Å². The van der Waals surface area contributed by atoms with Crippen molar-refractivity contribution in [1.29, 1.82) is 0 Å². The smallest absolute Gasteiger partial charge is 0.416 e. The summed E-state index contributed by atoms with van der Waals surface area (Å²) in [6, 6.07) is 23.2. The first kappa shape index (κ1) is 26.7. The van der Waals surface area contributed by atoms with Crippen molar-refractivity contribution in [2.24, 2.45) is 0 Å². The fourth-order valence-electron chi connectivity index (χ4n) is 4.08. The quantitative estimate of drug-likeness (QED) is 0.262. The predicted molar refractivity (Wildman–Crippen MR) is 139 cm³/mol. The van der Waals surface area contributed by atoms with Crippen LogP contribution in [-0.4, -0.2) is 29.7 Å². The summed E-state index contributed by atoms with van der Waals surface area (Å²) in [7, 11) is 3.05. The number of nitrogens with zero attached hydrogens (tertiary/aromatic N) is 2. The van der Waals surface area contributed by atoms with E-state index < -0.39 is 11.7 Å². The number of hydrogen-bond acceptors (Lipinski definition) is 3. The summed E-state index contributed by atoms with van der Waals surface area (Å²) in [6.07, 6.45) is -2.62. The molecule has 0 unspecified atom stereocenters. The van der Waals surface area contributed by atoms with Crippen LogP contribution >= 0.6 is 0 Å². The van der Waals surface area contributed by atoms with Gasteiger partial charge in [0.05, 0.1) is 32.0 Å². The summed E-state index contributed by atoms with van der Waals surface area (Å²) >= 11 is 0. The Morgan fingerprint density at radius 1 is 0.868 bits per heavy atom. The molecule has 6 nitrogen and oxygen atoms in total. The van der Waals surface area contributed by atoms with Gasteiger partial charge in [-0.3, -0.25) is 0 Å². The monoisotopic (exact) mass is 523 g/mol. The van der Waals surface area contributed by atoms with Crippen molar-refractivity contribution in [3.8, 4) is 11.5 Å². The number of rotatable bonds is 9. The Morgan fingerprint density at radius 3 is 2.34 bits per heavy atom. The summed E-state index contributed by atoms with van der Waals surface area (Å²) in [6.45, 7) is 0.782. The Hall–Kier alpha value is -4.40. The van der Waals surface area contributed by atoms with Crippen LogP contribution in [0.2, 0.25) is 0 Å². The zero-order valence-corrected chi connectivity index (χ0v) is 21.0. The number of aromatic nitrogens is 1. The van der Waals surface area contributed by atoms with Crippen LogP contribution in [0.25, 0.3) is 0 Å². The number of ether oxygens (including phenoxy) is 2. The second-order valence-electron chi connectivity index (χ2n) is 8.66. The van der Waals surface area contributed by atoms with Crippen molar-refractivity contribution in [1.82, 2.24) is 9.47 Å². The number of methoxy groups -OCH3 is 2. The SMILES string of the molecule is COc1ccc(NC(=O)N(Cc2ccccc2)Cc2cccn2Cc2cccc(C(F)(F)F)c2)c(OC)c1. The molecule has 0 saturated carbocycles. The van der Waals surface area contributed by atoms with Crippen LogP contribution in [0.15, 0.2) is 91.1 Å². The normalized spacial score (nSPS) is 11.2. The summed E-state index contributed by atoms with van der Waals surface area (Å²) in [5, 5.41) is 2.91. The number of nitrogens with one attached hydrogen (secondary N) is 1. The molecule has 0 radical (unpaired) electrons. The van der Waals surface area contributed by atoms with Gasteiger partial charge in [0.2, 0.25) is 0 Å². The van der Waals surface area contributed by atoms with Gasteiger partial charge in [-0.05, 0) is 47.5 Å². The number of benzene rings is 3. The summed E-state index contributed by atoms with van der Waals surface area (Å²) in [5.41, 5.74) is 2.01. The molecule has 0 aliphatic heterocycles. The van der Waals surface area contributed by atoms with Gasteiger partial charge in [0.1, 0.15) is 11.5 Å². The van der Waals surface area contributed by atoms with E-state index in [2.05, 4.69) is 5.32 Å². The highest BCUT2D eigenvalue weighted by molar-refractivity contribution is 5.91. The van der Waals surface area contributed by atoms with Gasteiger partial charge < -0.3 is 24.3 Å². The first-order chi connectivity index (χ1) is 18.3. The van der Waals surface area contributed by atoms with Crippen molar-refractivity contribution in [2.75, 3.05) is 19.5 Å². The lowest BCUT2D eigenvalue weighted by Gasteiger charge is -2.25. The number of amides is 2. The highest BCUT2D eigenvalue weighted by atomic mass is 19.4. The number of carbonyl (C=O) groups excluding carboxylic acids is 1. The molecule has 0 aliphatic rings. The maximum absolute atomic E-state index is 13.5. The number of alkyl halides is 3. The van der Waals surface area contributed by atoms with Gasteiger partial charge in [0, 0.05) is 31.0 Å². The Morgan fingerprint density at radius 2 is 1.63 bits per heavy atom. The molecular formula is C29H28F3N3O3. The van der Waals surface area contributed by atoms with Crippen molar-refractivity contribution in [2.45, 2.75) is 25.8 Å². The van der Waals surface area contributed by atoms with E-state index in [1.807, 2.05) is 47.0 Å². The molecule has 1 aromatic heterocycles. The number of halogens is 3. The lowest BCUT2D eigenvalue weighted by atomic mass is 10.1. The topological polar surface area (TPSA) is 55.7 Å². The average molecular weight is 524 g/mol. The fourth-order valence-corrected chi connectivity index (χ4v) is 4.08. The molecule has 0 fully saturated rings. The molecule has 1 heterocycles. The highest BCUT2D eigenvalue weighted by Gasteiger charge is 2.30. The molecule has 0 spiro atoms. The second-order valence-corrected chi connectivity index (χ2v) is 8.66. The van der Waals surface area contributed by atoms with Crippen LogP contribution < -0.4 is 14.8 Å². The van der Waals surface area contributed by atoms with E-state index in [4.69, 9.17) is 9.47 Å². The fraction of sp³-hybridized carbons (Fsp3) is 0.207. The third-order valence-electron chi connectivity index (χ3n) is 6.04. The highest BCUT2D eigenvalue weighted by Crippen LogP contribution is 2.31. The number of carbonyl (C=O) groups is 1. The van der Waals surface area contributed by atoms with Crippen LogP contribution in [0.3, 0.4) is 0 Å². The van der Waals surface area contributed by atoms with Gasteiger partial charge in [-0.25, -0.2) is 4.79 Å². The largest absolute Gasteiger partial charge is 0.497 e. The Kier molecular flexibility index (Phi) is 8.25. The van der Waals surface area contributed by atoms with Crippen LogP contribution in [-0.2, 0) is 25.8 Å². The van der Waals surface area contributed by atoms with Crippen molar-refractivity contribution < 1.29 is 27.4 Å². The van der Waals surface area contributed by atoms with E-state index >= 15 is 0 Å². The van der Waals surface area contributed by atoms with E-state index in [-0.39, 0.29) is 19.1 Å². The molecule has 0 bridgehead atoms. The minimum absolute atomic E-state index is 0.227. The molecule has 0 aliphatic carbocycles. The number of urea groups is 1. The van der Waals surface area contributed by atoms with Crippen molar-refractivity contribution >= 4 is 11.7 Å². The molecule has 4 rings (SSSR count). The number of anilines is 1. The molecule has 38 heavy (non-hydrogen) atoms. The summed E-state index contributed by atoms with van der Waals surface area (Å²) in [4.78, 5) is 15.1. The molecule has 4 aromatic rings. The maximum Gasteiger partial charge on any atom is 0.416 e. The van der Waals surface area contributed by atoms with E-state index in [0.717, 1.165) is 23.4 Å². The Labute approximate surface area is 219 Å². The zero-order valence-electron chi connectivity index (χ0n) is 21.0. The molecule has 2 amide bonds. The van der Waals surface area contributed by atoms with E-state index in [9.17, 15) is 18.0 Å². The minimum Gasteiger partial charge on any atom is -0.497 e. The number of hydrogen-bond donors (Lipinski definition) is 1. The maximum atomic E-state index is 13.5. The average Bonchev–Trinajstić information content (AvgIpc) is 3.35. The third-order valence-corrected chi connectivity index (χ3v) is 6.04. The van der Waals surface area contributed by atoms with Crippen LogP contribution in [0.1, 0.15) is 22.4 Å². The molecular weight excluding hydrogens is 495 g/mol. The Bertz CT molecular complexity index is 1370. The van der Waals surface area contributed by atoms with E-state index in [1.54, 1.807) is 42.5 Å². The van der Waals surface area contributed by atoms with Gasteiger partial charge in [-0.15, -0.1) is 0 Å². The summed E-state index contributed by atoms with van der Waals surface area (Å²) in [5.74, 6) is 1.04. The van der Waals surface area contributed by atoms with Gasteiger partial charge >= 0.3 is 12.2 Å². The van der Waals surface area contributed by atoms with E-state index in [1.165, 1.54) is 13.2 Å². The molecule has 1 N–H and O–H groups in total. The van der Waals surface area contributed by atoms with Crippen LogP contribution in [0.4, 0.5) is 23.7 Å². The third kappa shape index (κ3) is 6.67. The van der Waals surface area contributed by atoms with Crippen LogP contribution in [0, 0.1) is 0 Å². The van der Waals surface area contributed by atoms with Crippen molar-refractivity contribution in [3.05, 3.63) is 114 Å². The van der Waals surface area contributed by atoms with Crippen molar-refractivity contribution in [3.63, 3.8) is 0 Å². The second kappa shape index (κ2) is 11.8. The molecule has 0 atom stereocenters. The first-order valence-electron chi connectivity index (χ1n) is 11.9. The Balaban J connectivity index is 1.58. The molecule has 9 heteroatoms. The van der Waals surface area contributed by atoms with Gasteiger partial charge in [-0.2, -0.15) is 13.2 Å². The zero-order chi connectivity index (χ0) is 27.1. The van der Waals surface area contributed by atoms with E-state index in [0.29, 0.717) is 29.3 Å². The molecule has 0 saturated heterocycles. The van der Waals surface area contributed by atoms with Gasteiger partial charge in [-0.1, -0.05) is 42.5 Å². The molecule has 198 valence electrons. The minimum atomic E-state index is -4.41. The first-order valence-corrected chi connectivity index (χ1v) is 11.9. The summed E-state index contributed by atoms with van der Waals surface area (Å²) < 4.78 is 52.1. The van der Waals surface area contributed by atoms with Crippen LogP contribution in [0.5, 0.6) is 11.5 Å².